The summed E-state index contributed by atoms with van der Waals surface area (Å²) in [7, 11) is 1.46. The maximum absolute atomic E-state index is 13.6. The summed E-state index contributed by atoms with van der Waals surface area (Å²) in [5, 5.41) is 6.68. The second kappa shape index (κ2) is 7.86. The fourth-order valence-corrected chi connectivity index (χ4v) is 2.56. The lowest BCUT2D eigenvalue weighted by atomic mass is 10.2. The first-order valence-electron chi connectivity index (χ1n) is 7.60. The number of ether oxygens (including phenoxy) is 1. The molecule has 0 bridgehead atoms. The first-order valence-corrected chi connectivity index (χ1v) is 7.60. The molecule has 2 rings (SSSR count). The zero-order valence-corrected chi connectivity index (χ0v) is 12.8. The molecule has 0 spiro atoms. The number of aliphatic imine (C=N–C) groups is 1. The van der Waals surface area contributed by atoms with Crippen LogP contribution in [0.25, 0.3) is 0 Å². The van der Waals surface area contributed by atoms with E-state index in [0.717, 1.165) is 18.1 Å². The highest BCUT2D eigenvalue weighted by Crippen LogP contribution is 2.19. The van der Waals surface area contributed by atoms with E-state index in [-0.39, 0.29) is 11.6 Å². The average Bonchev–Trinajstić information content (AvgIpc) is 2.98. The van der Waals surface area contributed by atoms with E-state index in [2.05, 4.69) is 15.6 Å². The van der Waals surface area contributed by atoms with Crippen LogP contribution in [0.15, 0.2) is 23.2 Å². The van der Waals surface area contributed by atoms with E-state index < -0.39 is 0 Å². The van der Waals surface area contributed by atoms with Gasteiger partial charge in [0.1, 0.15) is 0 Å². The summed E-state index contributed by atoms with van der Waals surface area (Å²) < 4.78 is 18.6. The quantitative estimate of drug-likeness (QED) is 0.648. The Labute approximate surface area is 125 Å². The third-order valence-electron chi connectivity index (χ3n) is 3.68. The molecule has 0 aliphatic heterocycles. The minimum atomic E-state index is -0.348. The molecule has 1 aromatic carbocycles. The summed E-state index contributed by atoms with van der Waals surface area (Å²) in [5.74, 6) is 0.721. The summed E-state index contributed by atoms with van der Waals surface area (Å²) in [6.45, 7) is 3.30. The van der Waals surface area contributed by atoms with Crippen molar-refractivity contribution < 1.29 is 9.13 Å². The lowest BCUT2D eigenvalue weighted by Crippen LogP contribution is -2.42. The van der Waals surface area contributed by atoms with Crippen molar-refractivity contribution in [2.24, 2.45) is 4.99 Å². The molecule has 116 valence electrons. The van der Waals surface area contributed by atoms with Crippen molar-refractivity contribution in [3.63, 3.8) is 0 Å². The Bertz CT molecular complexity index is 484. The molecule has 1 aromatic rings. The van der Waals surface area contributed by atoms with Gasteiger partial charge < -0.3 is 15.4 Å². The number of rotatable bonds is 5. The lowest BCUT2D eigenvalue weighted by Gasteiger charge is -2.16. The van der Waals surface area contributed by atoms with Gasteiger partial charge in [0.25, 0.3) is 0 Å². The lowest BCUT2D eigenvalue weighted by molar-refractivity contribution is 0.386. The highest BCUT2D eigenvalue weighted by molar-refractivity contribution is 5.80. The summed E-state index contributed by atoms with van der Waals surface area (Å²) in [5.41, 5.74) is 0.830. The van der Waals surface area contributed by atoms with Crippen LogP contribution in [0.3, 0.4) is 0 Å². The number of hydrogen-bond acceptors (Lipinski definition) is 2. The summed E-state index contributed by atoms with van der Waals surface area (Å²) >= 11 is 0. The molecule has 0 atom stereocenters. The molecular weight excluding hydrogens is 269 g/mol. The van der Waals surface area contributed by atoms with Crippen molar-refractivity contribution in [2.45, 2.75) is 45.2 Å². The van der Waals surface area contributed by atoms with Crippen LogP contribution in [0.4, 0.5) is 4.39 Å². The third-order valence-corrected chi connectivity index (χ3v) is 3.68. The van der Waals surface area contributed by atoms with Crippen LogP contribution in [0.5, 0.6) is 5.75 Å². The molecule has 2 N–H and O–H groups in total. The number of benzene rings is 1. The predicted octanol–water partition coefficient (Wildman–Crippen LogP) is 2.83. The highest BCUT2D eigenvalue weighted by atomic mass is 19.1. The van der Waals surface area contributed by atoms with Crippen LogP contribution < -0.4 is 15.4 Å². The van der Waals surface area contributed by atoms with E-state index in [1.165, 1.54) is 38.9 Å². The van der Waals surface area contributed by atoms with Gasteiger partial charge >= 0.3 is 0 Å². The van der Waals surface area contributed by atoms with Crippen molar-refractivity contribution in [1.82, 2.24) is 10.6 Å². The molecule has 21 heavy (non-hydrogen) atoms. The van der Waals surface area contributed by atoms with Crippen LogP contribution in [0.1, 0.15) is 38.2 Å². The Morgan fingerprint density at radius 3 is 2.76 bits per heavy atom. The van der Waals surface area contributed by atoms with Gasteiger partial charge in [-0.25, -0.2) is 9.38 Å². The molecular formula is C16H24FN3O. The Hall–Kier alpha value is -1.78. The standard InChI is InChI=1S/C16H24FN3O/c1-3-18-16(20-13-6-4-5-7-13)19-11-12-8-9-15(21-2)14(17)10-12/h8-10,13H,3-7,11H2,1-2H3,(H2,18,19,20). The molecule has 0 amide bonds. The normalized spacial score (nSPS) is 16.0. The maximum atomic E-state index is 13.6. The van der Waals surface area contributed by atoms with E-state index in [1.807, 2.05) is 13.0 Å². The van der Waals surface area contributed by atoms with Gasteiger partial charge in [-0.15, -0.1) is 0 Å². The Balaban J connectivity index is 1.99. The molecule has 5 heteroatoms. The van der Waals surface area contributed by atoms with Crippen LogP contribution in [-0.4, -0.2) is 25.7 Å². The van der Waals surface area contributed by atoms with Gasteiger partial charge in [0, 0.05) is 12.6 Å². The minimum absolute atomic E-state index is 0.263. The molecule has 0 radical (unpaired) electrons. The molecule has 1 aliphatic carbocycles. The van der Waals surface area contributed by atoms with Crippen molar-refractivity contribution in [1.29, 1.82) is 0 Å². The Morgan fingerprint density at radius 2 is 2.14 bits per heavy atom. The van der Waals surface area contributed by atoms with E-state index in [4.69, 9.17) is 4.74 Å². The molecule has 1 saturated carbocycles. The van der Waals surface area contributed by atoms with Gasteiger partial charge in [-0.1, -0.05) is 18.9 Å². The van der Waals surface area contributed by atoms with Gasteiger partial charge in [-0.05, 0) is 37.5 Å². The first-order chi connectivity index (χ1) is 10.2. The van der Waals surface area contributed by atoms with Crippen LogP contribution >= 0.6 is 0 Å². The smallest absolute Gasteiger partial charge is 0.191 e. The van der Waals surface area contributed by atoms with E-state index in [0.29, 0.717) is 12.6 Å². The van der Waals surface area contributed by atoms with E-state index in [9.17, 15) is 4.39 Å². The predicted molar refractivity (Wildman–Crippen MR) is 83.2 cm³/mol. The second-order valence-corrected chi connectivity index (χ2v) is 5.29. The van der Waals surface area contributed by atoms with Gasteiger partial charge in [0.15, 0.2) is 17.5 Å². The molecule has 1 aliphatic rings. The summed E-state index contributed by atoms with van der Waals surface area (Å²) in [6, 6.07) is 5.46. The van der Waals surface area contributed by atoms with Crippen molar-refractivity contribution in [3.8, 4) is 5.75 Å². The number of nitrogens with one attached hydrogen (secondary N) is 2. The van der Waals surface area contributed by atoms with Gasteiger partial charge in [0.2, 0.25) is 0 Å². The number of nitrogens with zero attached hydrogens (tertiary/aromatic N) is 1. The topological polar surface area (TPSA) is 45.7 Å². The largest absolute Gasteiger partial charge is 0.494 e. The molecule has 0 heterocycles. The van der Waals surface area contributed by atoms with Gasteiger partial charge in [0.05, 0.1) is 13.7 Å². The maximum Gasteiger partial charge on any atom is 0.191 e. The molecule has 0 unspecified atom stereocenters. The first kappa shape index (κ1) is 15.6. The van der Waals surface area contributed by atoms with E-state index in [1.54, 1.807) is 6.07 Å². The monoisotopic (exact) mass is 293 g/mol. The zero-order valence-electron chi connectivity index (χ0n) is 12.8. The number of halogens is 1. The number of guanidine groups is 1. The molecule has 0 saturated heterocycles. The average molecular weight is 293 g/mol. The van der Waals surface area contributed by atoms with Gasteiger partial charge in [-0.3, -0.25) is 0 Å². The third kappa shape index (κ3) is 4.62. The number of methoxy groups -OCH3 is 1. The summed E-state index contributed by atoms with van der Waals surface area (Å²) in [4.78, 5) is 4.53. The highest BCUT2D eigenvalue weighted by Gasteiger charge is 2.15. The van der Waals surface area contributed by atoms with Crippen molar-refractivity contribution >= 4 is 5.96 Å². The van der Waals surface area contributed by atoms with E-state index >= 15 is 0 Å². The second-order valence-electron chi connectivity index (χ2n) is 5.29. The molecule has 4 nitrogen and oxygen atoms in total. The summed E-state index contributed by atoms with van der Waals surface area (Å²) in [6.07, 6.45) is 4.95. The fourth-order valence-electron chi connectivity index (χ4n) is 2.56. The minimum Gasteiger partial charge on any atom is -0.494 e. The van der Waals surface area contributed by atoms with Crippen molar-refractivity contribution in [3.05, 3.63) is 29.6 Å². The Kier molecular flexibility index (Phi) is 5.84. The van der Waals surface area contributed by atoms with Gasteiger partial charge in [-0.2, -0.15) is 0 Å². The SMILES string of the molecule is CCNC(=NCc1ccc(OC)c(F)c1)NC1CCCC1. The van der Waals surface area contributed by atoms with Crippen LogP contribution in [0, 0.1) is 5.82 Å². The number of hydrogen-bond donors (Lipinski definition) is 2. The van der Waals surface area contributed by atoms with Crippen LogP contribution in [-0.2, 0) is 6.54 Å². The van der Waals surface area contributed by atoms with Crippen molar-refractivity contribution in [2.75, 3.05) is 13.7 Å². The Morgan fingerprint density at radius 1 is 1.38 bits per heavy atom. The van der Waals surface area contributed by atoms with Crippen LogP contribution in [0.2, 0.25) is 0 Å². The zero-order chi connectivity index (χ0) is 15.1. The molecule has 1 fully saturated rings. The fraction of sp³-hybridized carbons (Fsp3) is 0.562. The molecule has 0 aromatic heterocycles.